The summed E-state index contributed by atoms with van der Waals surface area (Å²) in [7, 11) is 2.78. The molecule has 0 aliphatic heterocycles. The van der Waals surface area contributed by atoms with Crippen molar-refractivity contribution in [1.29, 1.82) is 0 Å². The quantitative estimate of drug-likeness (QED) is 0.798. The minimum Gasteiger partial charge on any atom is -0.494 e. The maximum atomic E-state index is 13.5. The van der Waals surface area contributed by atoms with Gasteiger partial charge in [-0.1, -0.05) is 6.07 Å². The van der Waals surface area contributed by atoms with E-state index in [1.54, 1.807) is 6.07 Å². The van der Waals surface area contributed by atoms with Crippen molar-refractivity contribution in [2.24, 2.45) is 0 Å². The first-order chi connectivity index (χ1) is 6.74. The molecular weight excluding hydrogens is 187 g/mol. The number of aliphatic hydroxyl groups excluding tert-OH is 1. The zero-order valence-corrected chi connectivity index (χ0v) is 8.21. The Bertz CT molecular complexity index is 312. The molecule has 0 atom stereocenters. The van der Waals surface area contributed by atoms with Gasteiger partial charge in [-0.05, 0) is 18.1 Å². The van der Waals surface area contributed by atoms with Crippen molar-refractivity contribution in [2.45, 2.75) is 6.42 Å². The van der Waals surface area contributed by atoms with Gasteiger partial charge >= 0.3 is 0 Å². The van der Waals surface area contributed by atoms with Gasteiger partial charge in [-0.25, -0.2) is 0 Å². The van der Waals surface area contributed by atoms with E-state index in [2.05, 4.69) is 0 Å². The van der Waals surface area contributed by atoms with Gasteiger partial charge in [0.15, 0.2) is 11.5 Å². The van der Waals surface area contributed by atoms with Crippen LogP contribution >= 0.6 is 0 Å². The van der Waals surface area contributed by atoms with Crippen LogP contribution in [0.4, 0.5) is 4.39 Å². The third-order valence-electron chi connectivity index (χ3n) is 1.95. The van der Waals surface area contributed by atoms with E-state index in [0.29, 0.717) is 12.0 Å². The lowest BCUT2D eigenvalue weighted by atomic mass is 10.1. The fourth-order valence-electron chi connectivity index (χ4n) is 1.27. The Hall–Kier alpha value is -1.29. The maximum absolute atomic E-state index is 13.5. The van der Waals surface area contributed by atoms with Gasteiger partial charge < -0.3 is 14.6 Å². The maximum Gasteiger partial charge on any atom is 0.207 e. The van der Waals surface area contributed by atoms with Crippen molar-refractivity contribution >= 4 is 0 Å². The molecule has 78 valence electrons. The minimum atomic E-state index is -0.527. The fourth-order valence-corrected chi connectivity index (χ4v) is 1.27. The molecule has 0 heterocycles. The molecule has 14 heavy (non-hydrogen) atoms. The number of hydrogen-bond donors (Lipinski definition) is 1. The molecule has 0 aromatic heterocycles. The van der Waals surface area contributed by atoms with Crippen LogP contribution in [-0.2, 0) is 6.42 Å². The lowest BCUT2D eigenvalue weighted by molar-refractivity contribution is 0.294. The zero-order valence-electron chi connectivity index (χ0n) is 8.21. The Morgan fingerprint density at radius 3 is 2.50 bits per heavy atom. The third kappa shape index (κ3) is 1.96. The van der Waals surface area contributed by atoms with Crippen molar-refractivity contribution in [3.63, 3.8) is 0 Å². The zero-order chi connectivity index (χ0) is 10.6. The number of ether oxygens (including phenoxy) is 2. The summed E-state index contributed by atoms with van der Waals surface area (Å²) in [6, 6.07) is 3.19. The van der Waals surface area contributed by atoms with Crippen molar-refractivity contribution in [2.75, 3.05) is 20.8 Å². The van der Waals surface area contributed by atoms with E-state index in [-0.39, 0.29) is 18.1 Å². The van der Waals surface area contributed by atoms with Crippen molar-refractivity contribution in [3.05, 3.63) is 23.5 Å². The second-order valence-electron chi connectivity index (χ2n) is 2.75. The summed E-state index contributed by atoms with van der Waals surface area (Å²) in [5, 5.41) is 8.75. The lowest BCUT2D eigenvalue weighted by Crippen LogP contribution is -2.00. The highest BCUT2D eigenvalue weighted by Gasteiger charge is 2.13. The molecule has 0 fully saturated rings. The number of hydrogen-bond acceptors (Lipinski definition) is 3. The first kappa shape index (κ1) is 10.8. The largest absolute Gasteiger partial charge is 0.494 e. The van der Waals surface area contributed by atoms with Gasteiger partial charge in [0.05, 0.1) is 14.2 Å². The molecule has 0 unspecified atom stereocenters. The molecule has 0 bridgehead atoms. The first-order valence-electron chi connectivity index (χ1n) is 4.24. The van der Waals surface area contributed by atoms with Crippen molar-refractivity contribution < 1.29 is 19.0 Å². The van der Waals surface area contributed by atoms with E-state index >= 15 is 0 Å². The highest BCUT2D eigenvalue weighted by molar-refractivity contribution is 5.42. The number of benzene rings is 1. The Kier molecular flexibility index (Phi) is 3.71. The topological polar surface area (TPSA) is 38.7 Å². The molecule has 0 aliphatic carbocycles. The molecule has 0 saturated heterocycles. The minimum absolute atomic E-state index is 0.0396. The van der Waals surface area contributed by atoms with Crippen LogP contribution in [0, 0.1) is 5.82 Å². The average Bonchev–Trinajstić information content (AvgIpc) is 2.19. The van der Waals surface area contributed by atoms with Crippen LogP contribution in [0.2, 0.25) is 0 Å². The van der Waals surface area contributed by atoms with Crippen LogP contribution in [0.1, 0.15) is 5.56 Å². The van der Waals surface area contributed by atoms with E-state index in [0.717, 1.165) is 0 Å². The average molecular weight is 200 g/mol. The summed E-state index contributed by atoms with van der Waals surface area (Å²) in [5.41, 5.74) is 0.633. The molecule has 1 rings (SSSR count). The summed E-state index contributed by atoms with van der Waals surface area (Å²) < 4.78 is 23.2. The van der Waals surface area contributed by atoms with E-state index in [9.17, 15) is 4.39 Å². The standard InChI is InChI=1S/C10H13FO3/c1-13-8-4-3-7(5-6-12)10(14-2)9(8)11/h3-4,12H,5-6H2,1-2H3. The molecule has 0 aliphatic rings. The summed E-state index contributed by atoms with van der Waals surface area (Å²) in [6.07, 6.45) is 0.365. The number of halogens is 1. The van der Waals surface area contributed by atoms with Gasteiger partial charge in [-0.2, -0.15) is 4.39 Å². The monoisotopic (exact) mass is 200 g/mol. The summed E-state index contributed by atoms with van der Waals surface area (Å²) in [6.45, 7) is -0.0396. The smallest absolute Gasteiger partial charge is 0.207 e. The van der Waals surface area contributed by atoms with Gasteiger partial charge in [-0.15, -0.1) is 0 Å². The SMILES string of the molecule is COc1ccc(CCO)c(OC)c1F. The molecule has 1 aromatic rings. The van der Waals surface area contributed by atoms with Gasteiger partial charge in [0.25, 0.3) is 0 Å². The molecule has 0 spiro atoms. The van der Waals surface area contributed by atoms with Gasteiger partial charge in [-0.3, -0.25) is 0 Å². The van der Waals surface area contributed by atoms with Crippen LogP contribution in [-0.4, -0.2) is 25.9 Å². The van der Waals surface area contributed by atoms with Crippen LogP contribution in [0.25, 0.3) is 0 Å². The van der Waals surface area contributed by atoms with Crippen molar-refractivity contribution in [1.82, 2.24) is 0 Å². The highest BCUT2D eigenvalue weighted by Crippen LogP contribution is 2.30. The summed E-state index contributed by atoms with van der Waals surface area (Å²) >= 11 is 0. The predicted octanol–water partition coefficient (Wildman–Crippen LogP) is 1.38. The van der Waals surface area contributed by atoms with E-state index < -0.39 is 5.82 Å². The fraction of sp³-hybridized carbons (Fsp3) is 0.400. The number of methoxy groups -OCH3 is 2. The second-order valence-corrected chi connectivity index (χ2v) is 2.75. The van der Waals surface area contributed by atoms with Crippen LogP contribution < -0.4 is 9.47 Å². The molecule has 1 aromatic carbocycles. The molecule has 0 radical (unpaired) electrons. The van der Waals surface area contributed by atoms with E-state index in [1.807, 2.05) is 0 Å². The Morgan fingerprint density at radius 1 is 1.29 bits per heavy atom. The summed E-state index contributed by atoms with van der Waals surface area (Å²) in [4.78, 5) is 0. The predicted molar refractivity (Wildman–Crippen MR) is 50.3 cm³/mol. The molecule has 1 N–H and O–H groups in total. The number of rotatable bonds is 4. The van der Waals surface area contributed by atoms with Crippen LogP contribution in [0.5, 0.6) is 11.5 Å². The van der Waals surface area contributed by atoms with Gasteiger partial charge in [0.2, 0.25) is 5.82 Å². The summed E-state index contributed by atoms with van der Waals surface area (Å²) in [5.74, 6) is -0.247. The Balaban J connectivity index is 3.14. The number of aliphatic hydroxyl groups is 1. The van der Waals surface area contributed by atoms with Crippen LogP contribution in [0.15, 0.2) is 12.1 Å². The van der Waals surface area contributed by atoms with Gasteiger partial charge in [0.1, 0.15) is 0 Å². The van der Waals surface area contributed by atoms with E-state index in [1.165, 1.54) is 20.3 Å². The Morgan fingerprint density at radius 2 is 2.00 bits per heavy atom. The first-order valence-corrected chi connectivity index (χ1v) is 4.24. The second kappa shape index (κ2) is 4.81. The molecule has 3 nitrogen and oxygen atoms in total. The third-order valence-corrected chi connectivity index (χ3v) is 1.95. The van der Waals surface area contributed by atoms with E-state index in [4.69, 9.17) is 14.6 Å². The lowest BCUT2D eigenvalue weighted by Gasteiger charge is -2.10. The van der Waals surface area contributed by atoms with Gasteiger partial charge in [0, 0.05) is 6.61 Å². The van der Waals surface area contributed by atoms with Crippen molar-refractivity contribution in [3.8, 4) is 11.5 Å². The highest BCUT2D eigenvalue weighted by atomic mass is 19.1. The van der Waals surface area contributed by atoms with Crippen LogP contribution in [0.3, 0.4) is 0 Å². The molecular formula is C10H13FO3. The molecule has 4 heteroatoms. The molecule has 0 saturated carbocycles. The Labute approximate surface area is 82.1 Å². The molecule has 0 amide bonds. The normalized spacial score (nSPS) is 10.0.